The van der Waals surface area contributed by atoms with Crippen LogP contribution in [0, 0.1) is 0 Å². The first-order chi connectivity index (χ1) is 9.45. The highest BCUT2D eigenvalue weighted by Gasteiger charge is 2.09. The van der Waals surface area contributed by atoms with Crippen molar-refractivity contribution < 1.29 is 4.79 Å². The summed E-state index contributed by atoms with van der Waals surface area (Å²) in [5.41, 5.74) is 1.75. The van der Waals surface area contributed by atoms with Crippen molar-refractivity contribution in [3.8, 4) is 0 Å². The SMILES string of the molecule is CC[C@H](C)N(C)CCNC(=O)c1cccc(N(C)C)c1. The molecule has 112 valence electrons. The van der Waals surface area contributed by atoms with Crippen LogP contribution in [0.1, 0.15) is 30.6 Å². The van der Waals surface area contributed by atoms with Crippen molar-refractivity contribution in [2.45, 2.75) is 26.3 Å². The van der Waals surface area contributed by atoms with Gasteiger partial charge >= 0.3 is 0 Å². The van der Waals surface area contributed by atoms with E-state index in [2.05, 4.69) is 31.1 Å². The van der Waals surface area contributed by atoms with Gasteiger partial charge in [0, 0.05) is 44.5 Å². The van der Waals surface area contributed by atoms with Gasteiger partial charge in [-0.1, -0.05) is 13.0 Å². The summed E-state index contributed by atoms with van der Waals surface area (Å²) in [6.07, 6.45) is 1.12. The maximum Gasteiger partial charge on any atom is 0.251 e. The molecule has 0 aliphatic rings. The number of hydrogen-bond donors (Lipinski definition) is 1. The number of likely N-dealkylation sites (N-methyl/N-ethyl adjacent to an activating group) is 1. The van der Waals surface area contributed by atoms with Crippen LogP contribution >= 0.6 is 0 Å². The van der Waals surface area contributed by atoms with E-state index in [0.717, 1.165) is 18.7 Å². The molecule has 0 spiro atoms. The molecule has 0 aliphatic carbocycles. The molecule has 20 heavy (non-hydrogen) atoms. The van der Waals surface area contributed by atoms with E-state index in [1.54, 1.807) is 0 Å². The van der Waals surface area contributed by atoms with Gasteiger partial charge in [-0.3, -0.25) is 4.79 Å². The number of nitrogens with zero attached hydrogens (tertiary/aromatic N) is 2. The van der Waals surface area contributed by atoms with E-state index in [1.807, 2.05) is 43.3 Å². The van der Waals surface area contributed by atoms with Gasteiger partial charge < -0.3 is 15.1 Å². The van der Waals surface area contributed by atoms with Gasteiger partial charge in [-0.05, 0) is 38.6 Å². The van der Waals surface area contributed by atoms with Crippen LogP contribution in [0.25, 0.3) is 0 Å². The summed E-state index contributed by atoms with van der Waals surface area (Å²) >= 11 is 0. The lowest BCUT2D eigenvalue weighted by Crippen LogP contribution is -2.37. The average Bonchev–Trinajstić information content (AvgIpc) is 2.46. The topological polar surface area (TPSA) is 35.6 Å². The van der Waals surface area contributed by atoms with Crippen LogP contribution in [-0.4, -0.2) is 51.1 Å². The smallest absolute Gasteiger partial charge is 0.251 e. The summed E-state index contributed by atoms with van der Waals surface area (Å²) in [4.78, 5) is 16.3. The van der Waals surface area contributed by atoms with Crippen molar-refractivity contribution >= 4 is 11.6 Å². The summed E-state index contributed by atoms with van der Waals surface area (Å²) in [5.74, 6) is -0.00810. The van der Waals surface area contributed by atoms with E-state index < -0.39 is 0 Å². The van der Waals surface area contributed by atoms with Crippen molar-refractivity contribution in [1.29, 1.82) is 0 Å². The third kappa shape index (κ3) is 4.85. The Labute approximate surface area is 122 Å². The molecule has 0 heterocycles. The Morgan fingerprint density at radius 3 is 2.60 bits per heavy atom. The van der Waals surface area contributed by atoms with E-state index >= 15 is 0 Å². The van der Waals surface area contributed by atoms with Crippen molar-refractivity contribution in [2.24, 2.45) is 0 Å². The van der Waals surface area contributed by atoms with Crippen LogP contribution in [-0.2, 0) is 0 Å². The second-order valence-electron chi connectivity index (χ2n) is 5.44. The maximum absolute atomic E-state index is 12.1. The molecule has 1 amide bonds. The number of benzene rings is 1. The first-order valence-electron chi connectivity index (χ1n) is 7.21. The molecular formula is C16H27N3O. The molecule has 4 nitrogen and oxygen atoms in total. The molecule has 0 fully saturated rings. The lowest BCUT2D eigenvalue weighted by molar-refractivity contribution is 0.0947. The third-order valence-electron chi connectivity index (χ3n) is 3.72. The second-order valence-corrected chi connectivity index (χ2v) is 5.44. The fourth-order valence-corrected chi connectivity index (χ4v) is 1.91. The number of nitrogens with one attached hydrogen (secondary N) is 1. The highest BCUT2D eigenvalue weighted by molar-refractivity contribution is 5.95. The Kier molecular flexibility index (Phi) is 6.52. The van der Waals surface area contributed by atoms with Crippen LogP contribution in [0.2, 0.25) is 0 Å². The zero-order chi connectivity index (χ0) is 15.1. The fraction of sp³-hybridized carbons (Fsp3) is 0.562. The molecule has 0 bridgehead atoms. The molecule has 1 aromatic carbocycles. The van der Waals surface area contributed by atoms with Crippen molar-refractivity contribution in [3.63, 3.8) is 0 Å². The third-order valence-corrected chi connectivity index (χ3v) is 3.72. The molecule has 4 heteroatoms. The lowest BCUT2D eigenvalue weighted by atomic mass is 10.2. The van der Waals surface area contributed by atoms with Gasteiger partial charge in [-0.2, -0.15) is 0 Å². The van der Waals surface area contributed by atoms with Crippen molar-refractivity contribution in [1.82, 2.24) is 10.2 Å². The Hall–Kier alpha value is -1.55. The average molecular weight is 277 g/mol. The van der Waals surface area contributed by atoms with Gasteiger partial charge in [0.25, 0.3) is 5.91 Å². The number of carbonyl (C=O) groups excluding carboxylic acids is 1. The van der Waals surface area contributed by atoms with Crippen LogP contribution in [0.3, 0.4) is 0 Å². The minimum absolute atomic E-state index is 0.00810. The van der Waals surface area contributed by atoms with E-state index in [0.29, 0.717) is 18.2 Å². The van der Waals surface area contributed by atoms with Crippen LogP contribution < -0.4 is 10.2 Å². The number of anilines is 1. The quantitative estimate of drug-likeness (QED) is 0.830. The Morgan fingerprint density at radius 2 is 2.00 bits per heavy atom. The largest absolute Gasteiger partial charge is 0.378 e. The van der Waals surface area contributed by atoms with Crippen LogP contribution in [0.5, 0.6) is 0 Å². The summed E-state index contributed by atoms with van der Waals surface area (Å²) in [6.45, 7) is 5.91. The lowest BCUT2D eigenvalue weighted by Gasteiger charge is -2.23. The van der Waals surface area contributed by atoms with Gasteiger partial charge in [0.2, 0.25) is 0 Å². The van der Waals surface area contributed by atoms with E-state index in [4.69, 9.17) is 0 Å². The molecule has 0 unspecified atom stereocenters. The molecule has 0 aliphatic heterocycles. The summed E-state index contributed by atoms with van der Waals surface area (Å²) in [7, 11) is 6.03. The highest BCUT2D eigenvalue weighted by Crippen LogP contribution is 2.13. The minimum Gasteiger partial charge on any atom is -0.378 e. The molecule has 0 aromatic heterocycles. The van der Waals surface area contributed by atoms with Gasteiger partial charge in [0.1, 0.15) is 0 Å². The number of rotatable bonds is 7. The monoisotopic (exact) mass is 277 g/mol. The normalized spacial score (nSPS) is 12.3. The summed E-state index contributed by atoms with van der Waals surface area (Å²) < 4.78 is 0. The number of carbonyl (C=O) groups is 1. The Morgan fingerprint density at radius 1 is 1.30 bits per heavy atom. The van der Waals surface area contributed by atoms with Crippen LogP contribution in [0.15, 0.2) is 24.3 Å². The standard InChI is InChI=1S/C16H27N3O/c1-6-13(2)19(5)11-10-17-16(20)14-8-7-9-15(12-14)18(3)4/h7-9,12-13H,6,10-11H2,1-5H3,(H,17,20)/t13-/m0/s1. The van der Waals surface area contributed by atoms with Gasteiger partial charge in [0.15, 0.2) is 0 Å². The molecule has 0 saturated carbocycles. The Balaban J connectivity index is 2.49. The minimum atomic E-state index is -0.00810. The summed E-state index contributed by atoms with van der Waals surface area (Å²) in [5, 5.41) is 2.98. The predicted octanol–water partition coefficient (Wildman–Crippen LogP) is 2.21. The first kappa shape index (κ1) is 16.5. The van der Waals surface area contributed by atoms with E-state index in [1.165, 1.54) is 0 Å². The molecule has 1 aromatic rings. The molecule has 0 radical (unpaired) electrons. The molecule has 0 saturated heterocycles. The number of amides is 1. The molecular weight excluding hydrogens is 250 g/mol. The highest BCUT2D eigenvalue weighted by atomic mass is 16.1. The first-order valence-corrected chi connectivity index (χ1v) is 7.21. The van der Waals surface area contributed by atoms with Crippen molar-refractivity contribution in [3.05, 3.63) is 29.8 Å². The predicted molar refractivity (Wildman–Crippen MR) is 85.5 cm³/mol. The second kappa shape index (κ2) is 7.90. The summed E-state index contributed by atoms with van der Waals surface area (Å²) in [6, 6.07) is 8.21. The fourth-order valence-electron chi connectivity index (χ4n) is 1.91. The molecule has 1 rings (SSSR count). The van der Waals surface area contributed by atoms with Gasteiger partial charge in [0.05, 0.1) is 0 Å². The Bertz CT molecular complexity index is 431. The number of hydrogen-bond acceptors (Lipinski definition) is 3. The zero-order valence-electron chi connectivity index (χ0n) is 13.3. The van der Waals surface area contributed by atoms with E-state index in [9.17, 15) is 4.79 Å². The van der Waals surface area contributed by atoms with Crippen LogP contribution in [0.4, 0.5) is 5.69 Å². The van der Waals surface area contributed by atoms with Crippen molar-refractivity contribution in [2.75, 3.05) is 39.1 Å². The maximum atomic E-state index is 12.1. The van der Waals surface area contributed by atoms with Gasteiger partial charge in [-0.15, -0.1) is 0 Å². The molecule has 1 N–H and O–H groups in total. The van der Waals surface area contributed by atoms with Gasteiger partial charge in [-0.25, -0.2) is 0 Å². The zero-order valence-corrected chi connectivity index (χ0v) is 13.3. The molecule has 1 atom stereocenters. The van der Waals surface area contributed by atoms with E-state index in [-0.39, 0.29) is 5.91 Å².